The van der Waals surface area contributed by atoms with Gasteiger partial charge in [-0.2, -0.15) is 0 Å². The van der Waals surface area contributed by atoms with Crippen molar-refractivity contribution in [2.45, 2.75) is 32.5 Å². The van der Waals surface area contributed by atoms with E-state index in [1.165, 1.54) is 12.8 Å². The topological polar surface area (TPSA) is 0 Å². The molecular weight excluding hydrogens is 160 g/mol. The number of hydrogen-bond donors (Lipinski definition) is 0. The molecule has 0 unspecified atom stereocenters. The Kier molecular flexibility index (Phi) is 1.65. The summed E-state index contributed by atoms with van der Waals surface area (Å²) in [6, 6.07) is 6.85. The number of benzene rings is 1. The Morgan fingerprint density at radius 1 is 1.08 bits per heavy atom. The molecule has 0 saturated carbocycles. The molecule has 1 aliphatic carbocycles. The summed E-state index contributed by atoms with van der Waals surface area (Å²) >= 11 is 0. The highest BCUT2D eigenvalue weighted by atomic mass is 28.3. The molecule has 0 fully saturated rings. The van der Waals surface area contributed by atoms with Gasteiger partial charge in [0.05, 0.1) is 8.07 Å². The van der Waals surface area contributed by atoms with Crippen LogP contribution in [0.1, 0.15) is 11.1 Å². The van der Waals surface area contributed by atoms with Gasteiger partial charge in [0.2, 0.25) is 0 Å². The van der Waals surface area contributed by atoms with E-state index in [0.717, 1.165) is 0 Å². The molecule has 0 aliphatic heterocycles. The van der Waals surface area contributed by atoms with E-state index in [1.54, 1.807) is 16.3 Å². The van der Waals surface area contributed by atoms with Crippen LogP contribution in [0, 0.1) is 0 Å². The Morgan fingerprint density at radius 3 is 2.25 bits per heavy atom. The normalized spacial score (nSPS) is 15.2. The molecule has 1 aromatic carbocycles. The van der Waals surface area contributed by atoms with Gasteiger partial charge >= 0.3 is 0 Å². The maximum absolute atomic E-state index is 2.43. The van der Waals surface area contributed by atoms with E-state index < -0.39 is 8.07 Å². The van der Waals surface area contributed by atoms with Crippen LogP contribution < -0.4 is 5.19 Å². The Bertz CT molecular complexity index is 307. The summed E-state index contributed by atoms with van der Waals surface area (Å²) in [5.74, 6) is 0. The first-order valence-corrected chi connectivity index (χ1v) is 8.20. The summed E-state index contributed by atoms with van der Waals surface area (Å²) in [6.45, 7) is 7.29. The van der Waals surface area contributed by atoms with Gasteiger partial charge in [-0.25, -0.2) is 0 Å². The second-order valence-electron chi connectivity index (χ2n) is 4.69. The fourth-order valence-corrected chi connectivity index (χ4v) is 3.74. The third kappa shape index (κ3) is 1.12. The molecule has 2 rings (SSSR count). The zero-order valence-electron chi connectivity index (χ0n) is 8.15. The van der Waals surface area contributed by atoms with Crippen LogP contribution in [0.25, 0.3) is 0 Å². The number of rotatable bonds is 1. The van der Waals surface area contributed by atoms with Crippen LogP contribution in [0.15, 0.2) is 18.2 Å². The minimum absolute atomic E-state index is 1.06. The minimum Gasteiger partial charge on any atom is -0.0656 e. The van der Waals surface area contributed by atoms with Crippen LogP contribution in [-0.2, 0) is 12.8 Å². The van der Waals surface area contributed by atoms with Crippen LogP contribution in [0.4, 0.5) is 0 Å². The van der Waals surface area contributed by atoms with Crippen LogP contribution in [0.2, 0.25) is 19.6 Å². The lowest BCUT2D eigenvalue weighted by atomic mass is 9.89. The molecule has 1 heteroatoms. The first-order valence-electron chi connectivity index (χ1n) is 4.70. The second-order valence-corrected chi connectivity index (χ2v) is 9.73. The molecule has 0 N–H and O–H groups in total. The van der Waals surface area contributed by atoms with Crippen molar-refractivity contribution >= 4 is 13.3 Å². The summed E-state index contributed by atoms with van der Waals surface area (Å²) in [5.41, 5.74) is 3.28. The average molecular weight is 176 g/mol. The number of fused-ring (bicyclic) bond motifs is 1. The standard InChI is InChI=1S/C11H16Si/c1-12(2,3)11-6-4-5-9-7-8-10(9)11/h4-6H,7-8H2,1-3H3. The van der Waals surface area contributed by atoms with Crippen molar-refractivity contribution in [2.75, 3.05) is 0 Å². The van der Waals surface area contributed by atoms with E-state index in [4.69, 9.17) is 0 Å². The Balaban J connectivity index is 2.52. The highest BCUT2D eigenvalue weighted by Gasteiger charge is 2.24. The van der Waals surface area contributed by atoms with Gasteiger partial charge in [-0.05, 0) is 24.0 Å². The largest absolute Gasteiger partial charge is 0.0779 e. The summed E-state index contributed by atoms with van der Waals surface area (Å²) in [5, 5.41) is 1.69. The molecule has 1 aliphatic rings. The van der Waals surface area contributed by atoms with Crippen molar-refractivity contribution in [1.29, 1.82) is 0 Å². The molecule has 0 radical (unpaired) electrons. The average Bonchev–Trinajstić information content (AvgIpc) is 1.88. The van der Waals surface area contributed by atoms with Gasteiger partial charge in [0.25, 0.3) is 0 Å². The third-order valence-electron chi connectivity index (χ3n) is 2.73. The van der Waals surface area contributed by atoms with Crippen LogP contribution >= 0.6 is 0 Å². The molecule has 0 saturated heterocycles. The smallest absolute Gasteiger partial charge is 0.0656 e. The third-order valence-corrected chi connectivity index (χ3v) is 4.81. The van der Waals surface area contributed by atoms with Crippen molar-refractivity contribution in [3.63, 3.8) is 0 Å². The van der Waals surface area contributed by atoms with E-state index in [9.17, 15) is 0 Å². The molecule has 1 aromatic rings. The van der Waals surface area contributed by atoms with Crippen molar-refractivity contribution < 1.29 is 0 Å². The molecule has 0 amide bonds. The molecular formula is C11H16Si. The summed E-state index contributed by atoms with van der Waals surface area (Å²) in [4.78, 5) is 0. The molecule has 0 heterocycles. The lowest BCUT2D eigenvalue weighted by Gasteiger charge is -2.28. The fraction of sp³-hybridized carbons (Fsp3) is 0.455. The van der Waals surface area contributed by atoms with Crippen LogP contribution in [0.3, 0.4) is 0 Å². The van der Waals surface area contributed by atoms with Gasteiger partial charge in [-0.1, -0.05) is 43.0 Å². The van der Waals surface area contributed by atoms with Gasteiger partial charge in [0.15, 0.2) is 0 Å². The van der Waals surface area contributed by atoms with E-state index in [-0.39, 0.29) is 0 Å². The van der Waals surface area contributed by atoms with Gasteiger partial charge in [-0.15, -0.1) is 0 Å². The van der Waals surface area contributed by atoms with E-state index in [1.807, 2.05) is 0 Å². The highest BCUT2D eigenvalue weighted by Crippen LogP contribution is 2.22. The molecule has 0 atom stereocenters. The quantitative estimate of drug-likeness (QED) is 0.576. The predicted octanol–water partition coefficient (Wildman–Crippen LogP) is 2.33. The molecule has 64 valence electrons. The lowest BCUT2D eigenvalue weighted by Crippen LogP contribution is -2.42. The van der Waals surface area contributed by atoms with Crippen molar-refractivity contribution in [3.05, 3.63) is 29.3 Å². The molecule has 0 spiro atoms. The monoisotopic (exact) mass is 176 g/mol. The van der Waals surface area contributed by atoms with Crippen LogP contribution in [-0.4, -0.2) is 8.07 Å². The zero-order chi connectivity index (χ0) is 8.77. The summed E-state index contributed by atoms with van der Waals surface area (Å²) in [6.07, 6.45) is 2.64. The molecule has 0 nitrogen and oxygen atoms in total. The fourth-order valence-electron chi connectivity index (χ4n) is 1.95. The van der Waals surface area contributed by atoms with Gasteiger partial charge in [-0.3, -0.25) is 0 Å². The first-order chi connectivity index (χ1) is 5.59. The van der Waals surface area contributed by atoms with Gasteiger partial charge in [0.1, 0.15) is 0 Å². The maximum Gasteiger partial charge on any atom is 0.0779 e. The van der Waals surface area contributed by atoms with E-state index in [0.29, 0.717) is 0 Å². The molecule has 0 aromatic heterocycles. The van der Waals surface area contributed by atoms with Gasteiger partial charge < -0.3 is 0 Å². The maximum atomic E-state index is 2.43. The minimum atomic E-state index is -1.06. The van der Waals surface area contributed by atoms with E-state index >= 15 is 0 Å². The van der Waals surface area contributed by atoms with E-state index in [2.05, 4.69) is 37.8 Å². The molecule has 12 heavy (non-hydrogen) atoms. The molecule has 0 bridgehead atoms. The van der Waals surface area contributed by atoms with Crippen molar-refractivity contribution in [3.8, 4) is 0 Å². The zero-order valence-corrected chi connectivity index (χ0v) is 9.15. The summed E-state index contributed by atoms with van der Waals surface area (Å²) < 4.78 is 0. The lowest BCUT2D eigenvalue weighted by molar-refractivity contribution is 0.846. The van der Waals surface area contributed by atoms with Crippen molar-refractivity contribution in [1.82, 2.24) is 0 Å². The van der Waals surface area contributed by atoms with Crippen molar-refractivity contribution in [2.24, 2.45) is 0 Å². The van der Waals surface area contributed by atoms with Crippen LogP contribution in [0.5, 0.6) is 0 Å². The predicted molar refractivity (Wildman–Crippen MR) is 56.8 cm³/mol. The Morgan fingerprint density at radius 2 is 1.83 bits per heavy atom. The number of hydrogen-bond acceptors (Lipinski definition) is 0. The Hall–Kier alpha value is -0.563. The Labute approximate surface area is 75.6 Å². The number of aryl methyl sites for hydroxylation is 1. The highest BCUT2D eigenvalue weighted by molar-refractivity contribution is 6.89. The SMILES string of the molecule is C[Si](C)(C)c1cccc2c1CC2. The first kappa shape index (κ1) is 8.05. The second kappa shape index (κ2) is 2.46. The summed E-state index contributed by atoms with van der Waals surface area (Å²) in [7, 11) is -1.06. The van der Waals surface area contributed by atoms with Gasteiger partial charge in [0, 0.05) is 0 Å².